The van der Waals surface area contributed by atoms with E-state index in [-0.39, 0.29) is 5.78 Å². The molecule has 0 bridgehead atoms. The van der Waals surface area contributed by atoms with Crippen LogP contribution in [0, 0.1) is 6.92 Å². The third kappa shape index (κ3) is 2.81. The van der Waals surface area contributed by atoms with Crippen LogP contribution in [0.3, 0.4) is 0 Å². The Hall–Kier alpha value is -2.19. The largest absolute Gasteiger partial charge is 0.294 e. The number of hydrogen-bond acceptors (Lipinski definition) is 2. The van der Waals surface area contributed by atoms with Crippen LogP contribution in [0.4, 0.5) is 0 Å². The Balaban J connectivity index is 2.06. The molecule has 0 spiro atoms. The molecule has 0 fully saturated rings. The van der Waals surface area contributed by atoms with Gasteiger partial charge in [0.1, 0.15) is 0 Å². The van der Waals surface area contributed by atoms with E-state index in [4.69, 9.17) is 11.6 Å². The van der Waals surface area contributed by atoms with E-state index in [1.54, 1.807) is 0 Å². The molecule has 0 unspecified atom stereocenters. The van der Waals surface area contributed by atoms with E-state index >= 15 is 0 Å². The van der Waals surface area contributed by atoms with Gasteiger partial charge in [-0.1, -0.05) is 41.9 Å². The van der Waals surface area contributed by atoms with Gasteiger partial charge in [-0.15, -0.1) is 0 Å². The van der Waals surface area contributed by atoms with Gasteiger partial charge in [0.05, 0.1) is 5.52 Å². The van der Waals surface area contributed by atoms with Crippen molar-refractivity contribution in [2.45, 2.75) is 13.3 Å². The molecule has 0 aliphatic heterocycles. The monoisotopic (exact) mass is 295 g/mol. The minimum Gasteiger partial charge on any atom is -0.294 e. The van der Waals surface area contributed by atoms with E-state index in [1.165, 1.54) is 0 Å². The van der Waals surface area contributed by atoms with Gasteiger partial charge in [0.15, 0.2) is 5.78 Å². The zero-order valence-corrected chi connectivity index (χ0v) is 12.4. The molecule has 0 saturated carbocycles. The lowest BCUT2D eigenvalue weighted by Crippen LogP contribution is -2.06. The van der Waals surface area contributed by atoms with Crippen molar-refractivity contribution < 1.29 is 4.79 Å². The van der Waals surface area contributed by atoms with Crippen LogP contribution in [-0.2, 0) is 6.42 Å². The number of aromatic nitrogens is 1. The first-order valence-corrected chi connectivity index (χ1v) is 7.15. The van der Waals surface area contributed by atoms with Crippen LogP contribution in [-0.4, -0.2) is 10.8 Å². The first-order valence-electron chi connectivity index (χ1n) is 6.77. The first kappa shape index (κ1) is 13.8. The highest BCUT2D eigenvalue weighted by atomic mass is 35.5. The van der Waals surface area contributed by atoms with Crippen molar-refractivity contribution in [3.63, 3.8) is 0 Å². The highest BCUT2D eigenvalue weighted by Gasteiger charge is 2.12. The smallest absolute Gasteiger partial charge is 0.167 e. The lowest BCUT2D eigenvalue weighted by atomic mass is 9.97. The summed E-state index contributed by atoms with van der Waals surface area (Å²) in [5, 5.41) is 1.61. The molecule has 0 N–H and O–H groups in total. The van der Waals surface area contributed by atoms with Crippen molar-refractivity contribution in [1.82, 2.24) is 4.98 Å². The van der Waals surface area contributed by atoms with Crippen molar-refractivity contribution >= 4 is 28.3 Å². The second-order valence-electron chi connectivity index (χ2n) is 5.05. The Kier molecular flexibility index (Phi) is 3.72. The number of benzene rings is 2. The standard InChI is InChI=1S/C18H14ClNO/c1-12-11-20-17-8-7-14(19)9-16(17)15(12)10-18(21)13-5-3-2-4-6-13/h2-9,11H,10H2,1H3. The molecule has 1 aromatic heterocycles. The maximum atomic E-state index is 12.4. The Morgan fingerprint density at radius 2 is 1.90 bits per heavy atom. The molecule has 3 rings (SSSR count). The van der Waals surface area contributed by atoms with Crippen molar-refractivity contribution in [2.75, 3.05) is 0 Å². The molecule has 2 aromatic carbocycles. The molecular formula is C18H14ClNO. The maximum absolute atomic E-state index is 12.4. The fourth-order valence-corrected chi connectivity index (χ4v) is 2.61. The van der Waals surface area contributed by atoms with Gasteiger partial charge in [0.25, 0.3) is 0 Å². The first-order chi connectivity index (χ1) is 10.1. The zero-order chi connectivity index (χ0) is 14.8. The van der Waals surface area contributed by atoms with Crippen LogP contribution in [0.5, 0.6) is 0 Å². The van der Waals surface area contributed by atoms with Crippen LogP contribution in [0.1, 0.15) is 21.5 Å². The zero-order valence-electron chi connectivity index (χ0n) is 11.6. The summed E-state index contributed by atoms with van der Waals surface area (Å²) in [7, 11) is 0. The van der Waals surface area contributed by atoms with Crippen LogP contribution in [0.25, 0.3) is 10.9 Å². The van der Waals surface area contributed by atoms with Gasteiger partial charge in [-0.2, -0.15) is 0 Å². The fraction of sp³-hybridized carbons (Fsp3) is 0.111. The molecule has 0 aliphatic rings. The van der Waals surface area contributed by atoms with Gasteiger partial charge in [-0.25, -0.2) is 0 Å². The normalized spacial score (nSPS) is 10.8. The number of aryl methyl sites for hydroxylation is 1. The third-order valence-electron chi connectivity index (χ3n) is 3.59. The molecule has 2 nitrogen and oxygen atoms in total. The van der Waals surface area contributed by atoms with Gasteiger partial charge in [-0.3, -0.25) is 9.78 Å². The second-order valence-corrected chi connectivity index (χ2v) is 5.48. The van der Waals surface area contributed by atoms with Crippen molar-refractivity contribution in [2.24, 2.45) is 0 Å². The number of halogens is 1. The maximum Gasteiger partial charge on any atom is 0.167 e. The molecule has 1 heterocycles. The van der Waals surface area contributed by atoms with Crippen molar-refractivity contribution in [1.29, 1.82) is 0 Å². The number of ketones is 1. The predicted octanol–water partition coefficient (Wildman–Crippen LogP) is 4.62. The fourth-order valence-electron chi connectivity index (χ4n) is 2.44. The lowest BCUT2D eigenvalue weighted by molar-refractivity contribution is 0.0993. The SMILES string of the molecule is Cc1cnc2ccc(Cl)cc2c1CC(=O)c1ccccc1. The summed E-state index contributed by atoms with van der Waals surface area (Å²) < 4.78 is 0. The number of fused-ring (bicyclic) bond motifs is 1. The van der Waals surface area contributed by atoms with Crippen LogP contribution < -0.4 is 0 Å². The molecular weight excluding hydrogens is 282 g/mol. The van der Waals surface area contributed by atoms with E-state index in [1.807, 2.05) is 61.7 Å². The number of carbonyl (C=O) groups is 1. The lowest BCUT2D eigenvalue weighted by Gasteiger charge is -2.10. The third-order valence-corrected chi connectivity index (χ3v) is 3.83. The molecule has 0 saturated heterocycles. The number of Topliss-reactive ketones (excluding diaryl/α,β-unsaturated/α-hetero) is 1. The molecule has 0 aliphatic carbocycles. The van der Waals surface area contributed by atoms with E-state index < -0.39 is 0 Å². The summed E-state index contributed by atoms with van der Waals surface area (Å²) in [6.07, 6.45) is 2.17. The highest BCUT2D eigenvalue weighted by molar-refractivity contribution is 6.31. The molecule has 3 aromatic rings. The van der Waals surface area contributed by atoms with E-state index in [9.17, 15) is 4.79 Å². The summed E-state index contributed by atoms with van der Waals surface area (Å²) in [6, 6.07) is 14.9. The minimum atomic E-state index is 0.103. The number of nitrogens with zero attached hydrogens (tertiary/aromatic N) is 1. The van der Waals surface area contributed by atoms with Gasteiger partial charge in [-0.05, 0) is 36.2 Å². The second kappa shape index (κ2) is 5.66. The minimum absolute atomic E-state index is 0.103. The Morgan fingerprint density at radius 3 is 2.67 bits per heavy atom. The van der Waals surface area contributed by atoms with Crippen LogP contribution in [0.2, 0.25) is 5.02 Å². The summed E-state index contributed by atoms with van der Waals surface area (Å²) in [5.74, 6) is 0.103. The molecule has 3 heteroatoms. The number of hydrogen-bond donors (Lipinski definition) is 0. The van der Waals surface area contributed by atoms with Crippen LogP contribution in [0.15, 0.2) is 54.7 Å². The number of rotatable bonds is 3. The van der Waals surface area contributed by atoms with Crippen molar-refractivity contribution in [3.8, 4) is 0 Å². The van der Waals surface area contributed by atoms with Crippen molar-refractivity contribution in [3.05, 3.63) is 76.4 Å². The van der Waals surface area contributed by atoms with E-state index in [0.29, 0.717) is 11.4 Å². The summed E-state index contributed by atoms with van der Waals surface area (Å²) >= 11 is 6.08. The molecule has 0 atom stereocenters. The molecule has 21 heavy (non-hydrogen) atoms. The van der Waals surface area contributed by atoms with Gasteiger partial charge >= 0.3 is 0 Å². The average molecular weight is 296 g/mol. The Morgan fingerprint density at radius 1 is 1.14 bits per heavy atom. The quantitative estimate of drug-likeness (QED) is 0.660. The molecule has 0 radical (unpaired) electrons. The Bertz CT molecular complexity index is 807. The predicted molar refractivity (Wildman–Crippen MR) is 86.0 cm³/mol. The summed E-state index contributed by atoms with van der Waals surface area (Å²) in [6.45, 7) is 1.97. The summed E-state index contributed by atoms with van der Waals surface area (Å²) in [5.41, 5.74) is 3.59. The van der Waals surface area contributed by atoms with E-state index in [2.05, 4.69) is 4.98 Å². The molecule has 104 valence electrons. The number of carbonyl (C=O) groups excluding carboxylic acids is 1. The highest BCUT2D eigenvalue weighted by Crippen LogP contribution is 2.25. The van der Waals surface area contributed by atoms with Gasteiger partial charge < -0.3 is 0 Å². The topological polar surface area (TPSA) is 30.0 Å². The van der Waals surface area contributed by atoms with E-state index in [0.717, 1.165) is 27.6 Å². The van der Waals surface area contributed by atoms with Gasteiger partial charge in [0.2, 0.25) is 0 Å². The number of pyridine rings is 1. The van der Waals surface area contributed by atoms with Gasteiger partial charge in [0, 0.05) is 28.6 Å². The summed E-state index contributed by atoms with van der Waals surface area (Å²) in [4.78, 5) is 16.8. The average Bonchev–Trinajstić information content (AvgIpc) is 2.51. The Labute approximate surface area is 128 Å². The molecule has 0 amide bonds. The van der Waals surface area contributed by atoms with Crippen LogP contribution >= 0.6 is 11.6 Å².